The third-order valence-corrected chi connectivity index (χ3v) is 4.76. The molecule has 0 aliphatic heterocycles. The summed E-state index contributed by atoms with van der Waals surface area (Å²) in [7, 11) is 0. The van der Waals surface area contributed by atoms with Gasteiger partial charge in [-0.05, 0) is 74.8 Å². The highest BCUT2D eigenvalue weighted by Crippen LogP contribution is 2.30. The van der Waals surface area contributed by atoms with Crippen LogP contribution in [0.3, 0.4) is 0 Å². The van der Waals surface area contributed by atoms with Gasteiger partial charge >= 0.3 is 0 Å². The molecule has 3 rings (SSSR count). The number of furan rings is 1. The van der Waals surface area contributed by atoms with E-state index in [1.807, 2.05) is 24.3 Å². The number of hydrogen-bond acceptors (Lipinski definition) is 3. The quantitative estimate of drug-likeness (QED) is 0.344. The monoisotopic (exact) mass is 456 g/mol. The molecule has 0 radical (unpaired) electrons. The van der Waals surface area contributed by atoms with Crippen molar-refractivity contribution >= 4 is 49.5 Å². The van der Waals surface area contributed by atoms with Gasteiger partial charge in [-0.2, -0.15) is 0 Å². The molecule has 2 aromatic carbocycles. The molecule has 3 nitrogen and oxygen atoms in total. The van der Waals surface area contributed by atoms with Crippen LogP contribution in [0.15, 0.2) is 57.4 Å². The van der Waals surface area contributed by atoms with Gasteiger partial charge in [0.2, 0.25) is 0 Å². The topological polar surface area (TPSA) is 51.2 Å². The van der Waals surface area contributed by atoms with E-state index in [0.29, 0.717) is 0 Å². The van der Waals surface area contributed by atoms with Crippen LogP contribution < -0.4 is 11.3 Å². The molecule has 0 saturated carbocycles. The lowest BCUT2D eigenvalue weighted by atomic mass is 10.0. The highest BCUT2D eigenvalue weighted by Gasteiger charge is 2.16. The van der Waals surface area contributed by atoms with Crippen LogP contribution in [0.4, 0.5) is 0 Å². The van der Waals surface area contributed by atoms with E-state index in [9.17, 15) is 0 Å². The van der Waals surface area contributed by atoms with Crippen molar-refractivity contribution in [3.8, 4) is 0 Å². The van der Waals surface area contributed by atoms with Gasteiger partial charge in [0, 0.05) is 8.96 Å². The largest absolute Gasteiger partial charge is 0.458 e. The zero-order valence-electron chi connectivity index (χ0n) is 11.1. The Kier molecular flexibility index (Phi) is 4.63. The van der Waals surface area contributed by atoms with Crippen molar-refractivity contribution in [2.24, 2.45) is 5.84 Å². The molecule has 1 unspecified atom stereocenters. The molecule has 0 bridgehead atoms. The summed E-state index contributed by atoms with van der Waals surface area (Å²) in [5, 5.41) is 1.07. The summed E-state index contributed by atoms with van der Waals surface area (Å²) in [6, 6.07) is 16.4. The van der Waals surface area contributed by atoms with Crippen LogP contribution in [-0.2, 0) is 6.42 Å². The molecule has 0 aliphatic carbocycles. The number of halogens is 2. The Bertz CT molecular complexity index is 755. The summed E-state index contributed by atoms with van der Waals surface area (Å²) in [4.78, 5) is 0. The first kappa shape index (κ1) is 15.0. The Balaban J connectivity index is 1.90. The second-order valence-corrected chi connectivity index (χ2v) is 6.96. The van der Waals surface area contributed by atoms with Crippen molar-refractivity contribution in [3.05, 3.63) is 67.9 Å². The molecule has 0 amide bonds. The van der Waals surface area contributed by atoms with E-state index in [1.54, 1.807) is 0 Å². The van der Waals surface area contributed by atoms with Crippen LogP contribution in [0, 0.1) is 3.57 Å². The summed E-state index contributed by atoms with van der Waals surface area (Å²) in [5.74, 6) is 6.56. The second-order valence-electron chi connectivity index (χ2n) is 4.86. The van der Waals surface area contributed by atoms with Gasteiger partial charge in [-0.1, -0.05) is 24.3 Å². The van der Waals surface area contributed by atoms with E-state index in [-0.39, 0.29) is 6.04 Å². The Morgan fingerprint density at radius 1 is 1.19 bits per heavy atom. The molecule has 0 aliphatic rings. The highest BCUT2D eigenvalue weighted by molar-refractivity contribution is 14.1. The van der Waals surface area contributed by atoms with Gasteiger partial charge in [0.1, 0.15) is 11.3 Å². The molecule has 3 N–H and O–H groups in total. The lowest BCUT2D eigenvalue weighted by Gasteiger charge is -2.13. The fourth-order valence-electron chi connectivity index (χ4n) is 2.32. The molecule has 3 aromatic rings. The van der Waals surface area contributed by atoms with Gasteiger partial charge in [-0.3, -0.25) is 5.84 Å². The molecule has 5 heteroatoms. The lowest BCUT2D eigenvalue weighted by Crippen LogP contribution is -2.29. The zero-order chi connectivity index (χ0) is 14.8. The van der Waals surface area contributed by atoms with Crippen LogP contribution >= 0.6 is 38.5 Å². The average molecular weight is 457 g/mol. The predicted octanol–water partition coefficient (Wildman–Crippen LogP) is 4.55. The molecule has 0 spiro atoms. The third kappa shape index (κ3) is 3.31. The molecule has 0 fully saturated rings. The molecule has 1 atom stereocenters. The molecular formula is C16H14BrIN2O. The first-order valence-corrected chi connectivity index (χ1v) is 8.43. The van der Waals surface area contributed by atoms with E-state index in [2.05, 4.69) is 68.2 Å². The Morgan fingerprint density at radius 2 is 1.95 bits per heavy atom. The minimum absolute atomic E-state index is 0.0515. The van der Waals surface area contributed by atoms with Crippen molar-refractivity contribution < 1.29 is 4.42 Å². The fourth-order valence-corrected chi connectivity index (χ4v) is 3.14. The summed E-state index contributed by atoms with van der Waals surface area (Å²) < 4.78 is 8.14. The van der Waals surface area contributed by atoms with Crippen LogP contribution in [0.2, 0.25) is 0 Å². The van der Waals surface area contributed by atoms with E-state index in [1.165, 1.54) is 9.13 Å². The van der Waals surface area contributed by atoms with Crippen molar-refractivity contribution in [2.45, 2.75) is 12.5 Å². The minimum Gasteiger partial charge on any atom is -0.458 e. The number of hydrazine groups is 1. The van der Waals surface area contributed by atoms with Gasteiger partial charge in [0.05, 0.1) is 10.5 Å². The van der Waals surface area contributed by atoms with Gasteiger partial charge in [0.25, 0.3) is 0 Å². The number of rotatable bonds is 4. The SMILES string of the molecule is NNC(Cc1ccc(I)cc1)c1cc2cccc(Br)c2o1. The Morgan fingerprint density at radius 3 is 2.62 bits per heavy atom. The number of hydrogen-bond donors (Lipinski definition) is 2. The summed E-state index contributed by atoms with van der Waals surface area (Å²) in [6.07, 6.45) is 0.783. The number of nitrogens with one attached hydrogen (secondary N) is 1. The first-order valence-electron chi connectivity index (χ1n) is 6.56. The molecule has 1 aromatic heterocycles. The fraction of sp³-hybridized carbons (Fsp3) is 0.125. The van der Waals surface area contributed by atoms with E-state index in [4.69, 9.17) is 10.3 Å². The third-order valence-electron chi connectivity index (χ3n) is 3.41. The van der Waals surface area contributed by atoms with Crippen LogP contribution in [0.25, 0.3) is 11.0 Å². The van der Waals surface area contributed by atoms with Gasteiger partial charge in [-0.15, -0.1) is 0 Å². The maximum atomic E-state index is 5.96. The smallest absolute Gasteiger partial charge is 0.148 e. The van der Waals surface area contributed by atoms with Gasteiger partial charge in [-0.25, -0.2) is 5.43 Å². The number of fused-ring (bicyclic) bond motifs is 1. The first-order chi connectivity index (χ1) is 10.2. The predicted molar refractivity (Wildman–Crippen MR) is 96.8 cm³/mol. The average Bonchev–Trinajstić information content (AvgIpc) is 2.92. The normalized spacial score (nSPS) is 12.7. The molecular weight excluding hydrogens is 443 g/mol. The number of nitrogens with two attached hydrogens (primary N) is 1. The zero-order valence-corrected chi connectivity index (χ0v) is 14.9. The van der Waals surface area contributed by atoms with E-state index in [0.717, 1.165) is 27.6 Å². The molecule has 21 heavy (non-hydrogen) atoms. The second kappa shape index (κ2) is 6.48. The van der Waals surface area contributed by atoms with Crippen molar-refractivity contribution in [3.63, 3.8) is 0 Å². The van der Waals surface area contributed by atoms with Crippen molar-refractivity contribution in [1.82, 2.24) is 5.43 Å². The van der Waals surface area contributed by atoms with Crippen LogP contribution in [-0.4, -0.2) is 0 Å². The summed E-state index contributed by atoms with van der Waals surface area (Å²) in [6.45, 7) is 0. The van der Waals surface area contributed by atoms with E-state index >= 15 is 0 Å². The highest BCUT2D eigenvalue weighted by atomic mass is 127. The number of benzene rings is 2. The minimum atomic E-state index is -0.0515. The maximum absolute atomic E-state index is 5.96. The van der Waals surface area contributed by atoms with Crippen molar-refractivity contribution in [2.75, 3.05) is 0 Å². The van der Waals surface area contributed by atoms with Crippen molar-refractivity contribution in [1.29, 1.82) is 0 Å². The van der Waals surface area contributed by atoms with E-state index < -0.39 is 0 Å². The molecule has 108 valence electrons. The summed E-state index contributed by atoms with van der Waals surface area (Å²) in [5.41, 5.74) is 4.93. The Labute approximate surface area is 145 Å². The van der Waals surface area contributed by atoms with Gasteiger partial charge in [0.15, 0.2) is 0 Å². The molecule has 0 saturated heterocycles. The van der Waals surface area contributed by atoms with Gasteiger partial charge < -0.3 is 4.42 Å². The molecule has 1 heterocycles. The summed E-state index contributed by atoms with van der Waals surface area (Å²) >= 11 is 5.81. The number of para-hydroxylation sites is 1. The van der Waals surface area contributed by atoms with Crippen LogP contribution in [0.1, 0.15) is 17.4 Å². The Hall–Kier alpha value is -0.890. The lowest BCUT2D eigenvalue weighted by molar-refractivity contribution is 0.434. The maximum Gasteiger partial charge on any atom is 0.148 e. The standard InChI is InChI=1S/C16H14BrIN2O/c17-13-3-1-2-11-9-15(21-16(11)13)14(20-19)8-10-4-6-12(18)7-5-10/h1-7,9,14,20H,8,19H2. The van der Waals surface area contributed by atoms with Crippen LogP contribution in [0.5, 0.6) is 0 Å².